The minimum Gasteiger partial charge on any atom is -0.489 e. The molecule has 0 heterocycles. The molecule has 0 fully saturated rings. The lowest BCUT2D eigenvalue weighted by Crippen LogP contribution is -2.13. The summed E-state index contributed by atoms with van der Waals surface area (Å²) in [5.41, 5.74) is 2.91. The summed E-state index contributed by atoms with van der Waals surface area (Å²) in [6.07, 6.45) is 0.931. The van der Waals surface area contributed by atoms with Crippen molar-refractivity contribution < 1.29 is 14.5 Å². The summed E-state index contributed by atoms with van der Waals surface area (Å²) in [6, 6.07) is 22.6. The lowest BCUT2D eigenvalue weighted by atomic mass is 10.1. The Balaban J connectivity index is 1.42. The van der Waals surface area contributed by atoms with Gasteiger partial charge in [0.1, 0.15) is 12.4 Å². The second-order valence-corrected chi connectivity index (χ2v) is 7.01. The van der Waals surface area contributed by atoms with E-state index < -0.39 is 4.92 Å². The number of nitro groups is 1. The molecule has 0 aliphatic rings. The summed E-state index contributed by atoms with van der Waals surface area (Å²) in [4.78, 5) is 22.4. The van der Waals surface area contributed by atoms with E-state index in [9.17, 15) is 14.9 Å². The number of anilines is 2. The predicted octanol–water partition coefficient (Wildman–Crippen LogP) is 4.88. The predicted molar refractivity (Wildman–Crippen MR) is 121 cm³/mol. The summed E-state index contributed by atoms with van der Waals surface area (Å²) < 4.78 is 5.77. The fourth-order valence-corrected chi connectivity index (χ4v) is 2.97. The molecule has 8 nitrogen and oxygen atoms in total. The van der Waals surface area contributed by atoms with Gasteiger partial charge in [-0.2, -0.15) is 5.26 Å². The highest BCUT2D eigenvalue weighted by Crippen LogP contribution is 2.19. The molecule has 0 aliphatic carbocycles. The van der Waals surface area contributed by atoms with Crippen LogP contribution in [0.3, 0.4) is 0 Å². The molecule has 0 spiro atoms. The van der Waals surface area contributed by atoms with Crippen molar-refractivity contribution in [2.75, 3.05) is 17.2 Å². The van der Waals surface area contributed by atoms with Crippen LogP contribution in [0.5, 0.6) is 5.75 Å². The number of hydrogen-bond acceptors (Lipinski definition) is 6. The Hall–Kier alpha value is -4.38. The molecule has 3 aromatic rings. The van der Waals surface area contributed by atoms with Crippen LogP contribution in [0.4, 0.5) is 17.1 Å². The molecule has 0 bridgehead atoms. The van der Waals surface area contributed by atoms with Gasteiger partial charge in [0.15, 0.2) is 0 Å². The number of non-ortho nitro benzene ring substituents is 1. The molecule has 0 unspecified atom stereocenters. The number of benzene rings is 3. The summed E-state index contributed by atoms with van der Waals surface area (Å²) in [7, 11) is 0. The summed E-state index contributed by atoms with van der Waals surface area (Å²) in [6.45, 7) is 0.886. The molecule has 0 saturated carbocycles. The molecule has 0 radical (unpaired) electrons. The van der Waals surface area contributed by atoms with E-state index in [-0.39, 0.29) is 11.6 Å². The van der Waals surface area contributed by atoms with E-state index in [0.29, 0.717) is 43.0 Å². The van der Waals surface area contributed by atoms with Gasteiger partial charge in [-0.25, -0.2) is 0 Å². The molecule has 3 rings (SSSR count). The van der Waals surface area contributed by atoms with Gasteiger partial charge in [0, 0.05) is 42.5 Å². The summed E-state index contributed by atoms with van der Waals surface area (Å²) in [5, 5.41) is 25.6. The summed E-state index contributed by atoms with van der Waals surface area (Å²) >= 11 is 0. The second-order valence-electron chi connectivity index (χ2n) is 7.01. The normalized spacial score (nSPS) is 10.1. The van der Waals surface area contributed by atoms with Crippen molar-refractivity contribution in [1.29, 1.82) is 5.26 Å². The van der Waals surface area contributed by atoms with Crippen molar-refractivity contribution >= 4 is 23.0 Å². The first-order valence-corrected chi connectivity index (χ1v) is 10.0. The number of nitrogens with zero attached hydrogens (tertiary/aromatic N) is 2. The molecule has 32 heavy (non-hydrogen) atoms. The van der Waals surface area contributed by atoms with Gasteiger partial charge >= 0.3 is 0 Å². The van der Waals surface area contributed by atoms with Crippen molar-refractivity contribution in [2.45, 2.75) is 19.4 Å². The van der Waals surface area contributed by atoms with Gasteiger partial charge in [-0.15, -0.1) is 0 Å². The monoisotopic (exact) mass is 430 g/mol. The van der Waals surface area contributed by atoms with Crippen molar-refractivity contribution in [1.82, 2.24) is 0 Å². The van der Waals surface area contributed by atoms with Crippen LogP contribution in [-0.2, 0) is 11.4 Å². The SMILES string of the molecule is N#Cc1cccc(COc2cccc(NC(=O)CCCNc3ccc([N+](=O)[O-])cc3)c2)c1. The van der Waals surface area contributed by atoms with Crippen LogP contribution < -0.4 is 15.4 Å². The van der Waals surface area contributed by atoms with E-state index in [0.717, 1.165) is 11.3 Å². The zero-order valence-corrected chi connectivity index (χ0v) is 17.3. The third-order valence-corrected chi connectivity index (χ3v) is 4.57. The van der Waals surface area contributed by atoms with Gasteiger partial charge in [-0.05, 0) is 48.4 Å². The lowest BCUT2D eigenvalue weighted by Gasteiger charge is -2.10. The van der Waals surface area contributed by atoms with E-state index in [1.165, 1.54) is 12.1 Å². The van der Waals surface area contributed by atoms with E-state index in [2.05, 4.69) is 16.7 Å². The van der Waals surface area contributed by atoms with E-state index in [1.807, 2.05) is 12.1 Å². The molecule has 0 aliphatic heterocycles. The van der Waals surface area contributed by atoms with Gasteiger partial charge in [-0.1, -0.05) is 18.2 Å². The van der Waals surface area contributed by atoms with E-state index in [1.54, 1.807) is 48.5 Å². The zero-order valence-electron chi connectivity index (χ0n) is 17.3. The largest absolute Gasteiger partial charge is 0.489 e. The highest BCUT2D eigenvalue weighted by molar-refractivity contribution is 5.90. The van der Waals surface area contributed by atoms with Crippen molar-refractivity contribution in [3.63, 3.8) is 0 Å². The first kappa shape index (κ1) is 22.3. The van der Waals surface area contributed by atoms with Crippen LogP contribution in [0, 0.1) is 21.4 Å². The smallest absolute Gasteiger partial charge is 0.269 e. The number of carbonyl (C=O) groups excluding carboxylic acids is 1. The standard InChI is InChI=1S/C24H22N4O4/c25-16-18-4-1-5-19(14-18)17-32-23-7-2-6-21(15-23)27-24(29)8-3-13-26-20-9-11-22(12-10-20)28(30)31/h1-2,4-7,9-12,14-15,26H,3,8,13,17H2,(H,27,29). The Labute approximate surface area is 185 Å². The molecule has 3 aromatic carbocycles. The highest BCUT2D eigenvalue weighted by Gasteiger charge is 2.06. The molecule has 1 amide bonds. The Kier molecular flexibility index (Phi) is 7.76. The number of nitriles is 1. The Morgan fingerprint density at radius 2 is 1.81 bits per heavy atom. The van der Waals surface area contributed by atoms with Crippen LogP contribution in [0.2, 0.25) is 0 Å². The maximum absolute atomic E-state index is 12.2. The van der Waals surface area contributed by atoms with Crippen LogP contribution >= 0.6 is 0 Å². The first-order valence-electron chi connectivity index (χ1n) is 10.0. The van der Waals surface area contributed by atoms with Crippen LogP contribution in [0.15, 0.2) is 72.8 Å². The number of carbonyl (C=O) groups is 1. The molecule has 8 heteroatoms. The Morgan fingerprint density at radius 1 is 1.03 bits per heavy atom. The van der Waals surface area contributed by atoms with Crippen LogP contribution in [0.25, 0.3) is 0 Å². The van der Waals surface area contributed by atoms with Gasteiger partial charge in [-0.3, -0.25) is 14.9 Å². The van der Waals surface area contributed by atoms with Crippen molar-refractivity contribution in [3.8, 4) is 11.8 Å². The molecular weight excluding hydrogens is 408 g/mol. The molecule has 162 valence electrons. The van der Waals surface area contributed by atoms with Crippen molar-refractivity contribution in [2.24, 2.45) is 0 Å². The number of rotatable bonds is 10. The number of ether oxygens (including phenoxy) is 1. The Morgan fingerprint density at radius 3 is 2.56 bits per heavy atom. The molecular formula is C24H22N4O4. The maximum Gasteiger partial charge on any atom is 0.269 e. The fraction of sp³-hybridized carbons (Fsp3) is 0.167. The topological polar surface area (TPSA) is 117 Å². The van der Waals surface area contributed by atoms with Crippen molar-refractivity contribution in [3.05, 3.63) is 94.0 Å². The number of amides is 1. The van der Waals surface area contributed by atoms with Gasteiger partial charge < -0.3 is 15.4 Å². The van der Waals surface area contributed by atoms with Gasteiger partial charge in [0.2, 0.25) is 5.91 Å². The van der Waals surface area contributed by atoms with Gasteiger partial charge in [0.05, 0.1) is 16.6 Å². The molecule has 0 aromatic heterocycles. The zero-order chi connectivity index (χ0) is 22.8. The maximum atomic E-state index is 12.2. The van der Waals surface area contributed by atoms with E-state index >= 15 is 0 Å². The number of nitrogens with one attached hydrogen (secondary N) is 2. The van der Waals surface area contributed by atoms with Crippen LogP contribution in [0.1, 0.15) is 24.0 Å². The third kappa shape index (κ3) is 6.85. The molecule has 0 saturated heterocycles. The average molecular weight is 430 g/mol. The van der Waals surface area contributed by atoms with Gasteiger partial charge in [0.25, 0.3) is 5.69 Å². The van der Waals surface area contributed by atoms with E-state index in [4.69, 9.17) is 10.00 Å². The molecule has 2 N–H and O–H groups in total. The average Bonchev–Trinajstić information content (AvgIpc) is 2.81. The third-order valence-electron chi connectivity index (χ3n) is 4.57. The second kappa shape index (κ2) is 11.1. The first-order chi connectivity index (χ1) is 15.5. The van der Waals surface area contributed by atoms with Crippen LogP contribution in [-0.4, -0.2) is 17.4 Å². The fourth-order valence-electron chi connectivity index (χ4n) is 2.97. The number of hydrogen-bond donors (Lipinski definition) is 2. The lowest BCUT2D eigenvalue weighted by molar-refractivity contribution is -0.384. The quantitative estimate of drug-likeness (QED) is 0.269. The number of nitro benzene ring substituents is 1. The minimum atomic E-state index is -0.444. The minimum absolute atomic E-state index is 0.0387. The highest BCUT2D eigenvalue weighted by atomic mass is 16.6. The molecule has 0 atom stereocenters. The summed E-state index contributed by atoms with van der Waals surface area (Å²) in [5.74, 6) is 0.499. The Bertz CT molecular complexity index is 1120.